The van der Waals surface area contributed by atoms with Crippen molar-refractivity contribution in [1.29, 1.82) is 0 Å². The fourth-order valence-corrected chi connectivity index (χ4v) is 8.34. The van der Waals surface area contributed by atoms with E-state index in [1.54, 1.807) is 40.9 Å². The molecule has 0 saturated heterocycles. The molecule has 1 unspecified atom stereocenters. The molecule has 3 aromatic carbocycles. The number of carbonyl (C=O) groups excluding carboxylic acids is 1. The molecule has 0 radical (unpaired) electrons. The molecule has 1 amide bonds. The van der Waals surface area contributed by atoms with Crippen molar-refractivity contribution in [2.75, 3.05) is 10.0 Å². The standard InChI is InChI=1S/C29H24FN3O3S3/c1-17-9-14-22-25(15-17)38-29(26(22)28-31-23-7-2-3-8-24(23)37-28)32-27(34)18-5-4-6-20(16-18)33-39(35,36)21-12-10-19(30)11-13-21/h2-8,10-13,16-17,33H,9,14-15H2,1H3,(H,32,34). The number of thiophene rings is 1. The number of fused-ring (bicyclic) bond motifs is 2. The number of sulfonamides is 1. The zero-order valence-corrected chi connectivity index (χ0v) is 23.4. The minimum atomic E-state index is -3.95. The maximum atomic E-state index is 13.4. The Kier molecular flexibility index (Phi) is 6.70. The van der Waals surface area contributed by atoms with Crippen LogP contribution in [0.5, 0.6) is 0 Å². The number of aromatic nitrogens is 1. The summed E-state index contributed by atoms with van der Waals surface area (Å²) >= 11 is 3.22. The minimum Gasteiger partial charge on any atom is -0.313 e. The van der Waals surface area contributed by atoms with Crippen molar-refractivity contribution in [1.82, 2.24) is 4.98 Å². The first-order valence-corrected chi connectivity index (χ1v) is 15.6. The number of anilines is 2. The van der Waals surface area contributed by atoms with E-state index >= 15 is 0 Å². The van der Waals surface area contributed by atoms with Gasteiger partial charge in [0, 0.05) is 21.7 Å². The number of para-hydroxylation sites is 1. The summed E-state index contributed by atoms with van der Waals surface area (Å²) in [6.45, 7) is 2.25. The van der Waals surface area contributed by atoms with Gasteiger partial charge in [0.2, 0.25) is 0 Å². The third-order valence-electron chi connectivity index (χ3n) is 6.75. The van der Waals surface area contributed by atoms with Crippen LogP contribution in [0.2, 0.25) is 0 Å². The van der Waals surface area contributed by atoms with Crippen LogP contribution in [0.25, 0.3) is 20.8 Å². The van der Waals surface area contributed by atoms with Gasteiger partial charge in [-0.2, -0.15) is 0 Å². The van der Waals surface area contributed by atoms with Gasteiger partial charge in [-0.15, -0.1) is 22.7 Å². The summed E-state index contributed by atoms with van der Waals surface area (Å²) in [5.41, 5.74) is 3.72. The Hall–Kier alpha value is -3.60. The molecule has 39 heavy (non-hydrogen) atoms. The molecule has 198 valence electrons. The summed E-state index contributed by atoms with van der Waals surface area (Å²) in [5, 5.41) is 4.75. The molecule has 6 rings (SSSR count). The highest BCUT2D eigenvalue weighted by atomic mass is 32.2. The van der Waals surface area contributed by atoms with Gasteiger partial charge >= 0.3 is 0 Å². The van der Waals surface area contributed by atoms with E-state index in [-0.39, 0.29) is 16.5 Å². The van der Waals surface area contributed by atoms with Crippen LogP contribution in [0.4, 0.5) is 15.1 Å². The predicted octanol–water partition coefficient (Wildman–Crippen LogP) is 7.34. The average molecular weight is 578 g/mol. The predicted molar refractivity (Wildman–Crippen MR) is 156 cm³/mol. The van der Waals surface area contributed by atoms with Crippen LogP contribution in [0.3, 0.4) is 0 Å². The van der Waals surface area contributed by atoms with Crippen molar-refractivity contribution in [2.45, 2.75) is 31.1 Å². The smallest absolute Gasteiger partial charge is 0.261 e. The van der Waals surface area contributed by atoms with Gasteiger partial charge in [-0.25, -0.2) is 17.8 Å². The zero-order valence-electron chi connectivity index (χ0n) is 20.9. The topological polar surface area (TPSA) is 88.2 Å². The second-order valence-electron chi connectivity index (χ2n) is 9.64. The normalized spacial score (nSPS) is 15.2. The number of nitrogens with one attached hydrogen (secondary N) is 2. The van der Waals surface area contributed by atoms with Crippen LogP contribution in [-0.4, -0.2) is 19.3 Å². The molecule has 0 spiro atoms. The molecule has 0 saturated carbocycles. The highest BCUT2D eigenvalue weighted by Gasteiger charge is 2.27. The quantitative estimate of drug-likeness (QED) is 0.221. The molecule has 2 N–H and O–H groups in total. The fourth-order valence-electron chi connectivity index (χ4n) is 4.77. The summed E-state index contributed by atoms with van der Waals surface area (Å²) in [4.78, 5) is 19.5. The van der Waals surface area contributed by atoms with Crippen molar-refractivity contribution >= 4 is 59.5 Å². The van der Waals surface area contributed by atoms with E-state index in [9.17, 15) is 17.6 Å². The molecule has 2 heterocycles. The van der Waals surface area contributed by atoms with E-state index in [1.807, 2.05) is 24.3 Å². The number of benzene rings is 3. The lowest BCUT2D eigenvalue weighted by Gasteiger charge is -2.18. The first-order chi connectivity index (χ1) is 18.8. The Labute approximate surface area is 233 Å². The molecule has 0 aliphatic heterocycles. The van der Waals surface area contributed by atoms with Crippen LogP contribution in [0.15, 0.2) is 77.7 Å². The number of nitrogens with zero attached hydrogens (tertiary/aromatic N) is 1. The van der Waals surface area contributed by atoms with Gasteiger partial charge in [0.1, 0.15) is 15.8 Å². The SMILES string of the molecule is CC1CCc2c(sc(NC(=O)c3cccc(NS(=O)(=O)c4ccc(F)cc4)c3)c2-c2nc3ccccc3s2)C1. The third-order valence-corrected chi connectivity index (χ3v) is 10.4. The van der Waals surface area contributed by atoms with Crippen molar-refractivity contribution in [2.24, 2.45) is 5.92 Å². The van der Waals surface area contributed by atoms with Gasteiger partial charge in [0.25, 0.3) is 15.9 Å². The van der Waals surface area contributed by atoms with Crippen molar-refractivity contribution in [3.63, 3.8) is 0 Å². The molecule has 0 bridgehead atoms. The van der Waals surface area contributed by atoms with Gasteiger partial charge < -0.3 is 5.32 Å². The lowest BCUT2D eigenvalue weighted by molar-refractivity contribution is 0.102. The Morgan fingerprint density at radius 1 is 1.03 bits per heavy atom. The van der Waals surface area contributed by atoms with Gasteiger partial charge in [0.05, 0.1) is 15.1 Å². The number of rotatable bonds is 6. The number of amides is 1. The van der Waals surface area contributed by atoms with E-state index in [2.05, 4.69) is 17.0 Å². The van der Waals surface area contributed by atoms with Crippen LogP contribution in [0, 0.1) is 11.7 Å². The molecule has 6 nitrogen and oxygen atoms in total. The first kappa shape index (κ1) is 25.7. The van der Waals surface area contributed by atoms with Crippen LogP contribution >= 0.6 is 22.7 Å². The van der Waals surface area contributed by atoms with E-state index in [1.165, 1.54) is 28.6 Å². The van der Waals surface area contributed by atoms with Crippen molar-refractivity contribution < 1.29 is 17.6 Å². The molecular formula is C29H24FN3O3S3. The maximum absolute atomic E-state index is 13.4. The summed E-state index contributed by atoms with van der Waals surface area (Å²) in [6.07, 6.45) is 2.99. The number of halogens is 1. The third kappa shape index (κ3) is 5.19. The van der Waals surface area contributed by atoms with Crippen LogP contribution < -0.4 is 10.0 Å². The van der Waals surface area contributed by atoms with E-state index in [0.717, 1.165) is 57.2 Å². The largest absolute Gasteiger partial charge is 0.313 e. The van der Waals surface area contributed by atoms with E-state index < -0.39 is 15.8 Å². The van der Waals surface area contributed by atoms with Gasteiger partial charge in [-0.1, -0.05) is 25.1 Å². The lowest BCUT2D eigenvalue weighted by atomic mass is 9.88. The van der Waals surface area contributed by atoms with Gasteiger partial charge in [-0.3, -0.25) is 9.52 Å². The number of thiazole rings is 1. The molecule has 1 aliphatic carbocycles. The molecule has 1 atom stereocenters. The Balaban J connectivity index is 1.31. The Bertz CT molecular complexity index is 1780. The van der Waals surface area contributed by atoms with Gasteiger partial charge in [0.15, 0.2) is 0 Å². The first-order valence-electron chi connectivity index (χ1n) is 12.5. The molecule has 1 aliphatic rings. The zero-order chi connectivity index (χ0) is 27.1. The van der Waals surface area contributed by atoms with E-state index in [0.29, 0.717) is 11.5 Å². The maximum Gasteiger partial charge on any atom is 0.261 e. The van der Waals surface area contributed by atoms with Crippen LogP contribution in [-0.2, 0) is 22.9 Å². The Morgan fingerprint density at radius 3 is 2.62 bits per heavy atom. The molecule has 0 fully saturated rings. The second kappa shape index (κ2) is 10.2. The lowest BCUT2D eigenvalue weighted by Crippen LogP contribution is -2.15. The summed E-state index contributed by atoms with van der Waals surface area (Å²) in [6, 6.07) is 18.9. The van der Waals surface area contributed by atoms with E-state index in [4.69, 9.17) is 4.98 Å². The molecule has 5 aromatic rings. The summed E-state index contributed by atoms with van der Waals surface area (Å²) in [7, 11) is -3.95. The van der Waals surface area contributed by atoms with Gasteiger partial charge in [-0.05, 0) is 85.3 Å². The van der Waals surface area contributed by atoms with Crippen molar-refractivity contribution in [3.05, 3.63) is 94.6 Å². The highest BCUT2D eigenvalue weighted by molar-refractivity contribution is 7.92. The fraction of sp³-hybridized carbons (Fsp3) is 0.172. The molecule has 2 aromatic heterocycles. The summed E-state index contributed by atoms with van der Waals surface area (Å²) in [5.74, 6) is -0.289. The monoisotopic (exact) mass is 577 g/mol. The van der Waals surface area contributed by atoms with Crippen LogP contribution in [0.1, 0.15) is 34.1 Å². The molecular weight excluding hydrogens is 554 g/mol. The number of hydrogen-bond donors (Lipinski definition) is 2. The number of hydrogen-bond acceptors (Lipinski definition) is 6. The summed E-state index contributed by atoms with van der Waals surface area (Å²) < 4.78 is 42.3. The second-order valence-corrected chi connectivity index (χ2v) is 13.5. The average Bonchev–Trinajstić information content (AvgIpc) is 3.49. The highest BCUT2D eigenvalue weighted by Crippen LogP contribution is 2.47. The Morgan fingerprint density at radius 2 is 1.82 bits per heavy atom. The van der Waals surface area contributed by atoms with Crippen molar-refractivity contribution in [3.8, 4) is 10.6 Å². The number of carbonyl (C=O) groups is 1. The molecule has 10 heteroatoms. The minimum absolute atomic E-state index is 0.0716.